The molecule has 1 aliphatic heterocycles. The maximum absolute atomic E-state index is 12.0. The van der Waals surface area contributed by atoms with E-state index in [-0.39, 0.29) is 12.3 Å². The molecule has 1 aromatic rings. The largest absolute Gasteiger partial charge is 0.480 e. The van der Waals surface area contributed by atoms with Gasteiger partial charge in [0.25, 0.3) is 0 Å². The summed E-state index contributed by atoms with van der Waals surface area (Å²) in [5, 5.41) is 19.4. The molecule has 0 bridgehead atoms. The predicted molar refractivity (Wildman–Crippen MR) is 60.6 cm³/mol. The Morgan fingerprint density at radius 2 is 2.33 bits per heavy atom. The van der Waals surface area contributed by atoms with Crippen LogP contribution in [0.5, 0.6) is 0 Å². The predicted octanol–water partition coefficient (Wildman–Crippen LogP) is -1.45. The average molecular weight is 253 g/mol. The van der Waals surface area contributed by atoms with Crippen molar-refractivity contribution in [1.82, 2.24) is 25.2 Å². The maximum atomic E-state index is 12.0. The number of carboxylic acids is 1. The number of rotatable bonds is 4. The van der Waals surface area contributed by atoms with Gasteiger partial charge in [0.15, 0.2) is 0 Å². The first-order valence-electron chi connectivity index (χ1n) is 5.75. The first-order valence-corrected chi connectivity index (χ1v) is 5.75. The van der Waals surface area contributed by atoms with Crippen molar-refractivity contribution in [2.24, 2.45) is 0 Å². The molecule has 0 spiro atoms. The van der Waals surface area contributed by atoms with Gasteiger partial charge in [0.05, 0.1) is 12.7 Å². The minimum Gasteiger partial charge on any atom is -0.480 e. The first-order chi connectivity index (χ1) is 8.68. The number of carbonyl (C=O) groups is 2. The van der Waals surface area contributed by atoms with Crippen LogP contribution >= 0.6 is 0 Å². The first kappa shape index (κ1) is 12.5. The Morgan fingerprint density at radius 3 is 3.00 bits per heavy atom. The number of hydrogen-bond donors (Lipinski definition) is 2. The lowest BCUT2D eigenvalue weighted by Crippen LogP contribution is -2.57. The van der Waals surface area contributed by atoms with Gasteiger partial charge < -0.3 is 15.3 Å². The van der Waals surface area contributed by atoms with E-state index >= 15 is 0 Å². The molecule has 0 radical (unpaired) electrons. The molecule has 1 amide bonds. The Morgan fingerprint density at radius 1 is 1.50 bits per heavy atom. The van der Waals surface area contributed by atoms with Gasteiger partial charge in [-0.1, -0.05) is 5.21 Å². The number of carbonyl (C=O) groups excluding carboxylic acids is 1. The number of amides is 1. The molecule has 18 heavy (non-hydrogen) atoms. The lowest BCUT2D eigenvalue weighted by atomic mass is 10.1. The third kappa shape index (κ3) is 2.83. The van der Waals surface area contributed by atoms with Crippen LogP contribution in [0, 0.1) is 0 Å². The highest BCUT2D eigenvalue weighted by Crippen LogP contribution is 2.06. The van der Waals surface area contributed by atoms with E-state index < -0.39 is 12.0 Å². The Kier molecular flexibility index (Phi) is 3.88. The Labute approximate surface area is 104 Å². The van der Waals surface area contributed by atoms with Crippen molar-refractivity contribution >= 4 is 11.9 Å². The molecule has 1 saturated heterocycles. The van der Waals surface area contributed by atoms with Crippen molar-refractivity contribution < 1.29 is 14.7 Å². The summed E-state index contributed by atoms with van der Waals surface area (Å²) in [6.45, 7) is 1.76. The van der Waals surface area contributed by atoms with Crippen LogP contribution < -0.4 is 5.32 Å². The van der Waals surface area contributed by atoms with E-state index in [1.807, 2.05) is 0 Å². The lowest BCUT2D eigenvalue weighted by molar-refractivity contribution is -0.151. The molecule has 8 nitrogen and oxygen atoms in total. The summed E-state index contributed by atoms with van der Waals surface area (Å²) in [6, 6.07) is -0.776. The zero-order chi connectivity index (χ0) is 13.0. The Balaban J connectivity index is 1.92. The molecule has 98 valence electrons. The Hall–Kier alpha value is -1.96. The highest BCUT2D eigenvalue weighted by Gasteiger charge is 2.31. The van der Waals surface area contributed by atoms with E-state index in [4.69, 9.17) is 5.11 Å². The summed E-state index contributed by atoms with van der Waals surface area (Å²) < 4.78 is 1.55. The van der Waals surface area contributed by atoms with Crippen molar-refractivity contribution in [3.63, 3.8) is 0 Å². The van der Waals surface area contributed by atoms with Gasteiger partial charge >= 0.3 is 5.97 Å². The van der Waals surface area contributed by atoms with Gasteiger partial charge in [-0.25, -0.2) is 4.79 Å². The fraction of sp³-hybridized carbons (Fsp3) is 0.600. The fourth-order valence-corrected chi connectivity index (χ4v) is 1.93. The van der Waals surface area contributed by atoms with Crippen molar-refractivity contribution in [1.29, 1.82) is 0 Å². The normalized spacial score (nSPS) is 19.8. The molecular formula is C10H15N5O3. The number of nitrogens with one attached hydrogen (secondary N) is 1. The number of hydrogen-bond acceptors (Lipinski definition) is 5. The SMILES string of the molecule is O=C(O)C1CNCCN1C(=O)CCn1ccnn1. The van der Waals surface area contributed by atoms with E-state index in [9.17, 15) is 9.59 Å². The highest BCUT2D eigenvalue weighted by molar-refractivity contribution is 5.84. The van der Waals surface area contributed by atoms with Crippen molar-refractivity contribution in [3.05, 3.63) is 12.4 Å². The van der Waals surface area contributed by atoms with Crippen LogP contribution in [0.1, 0.15) is 6.42 Å². The third-order valence-electron chi connectivity index (χ3n) is 2.88. The second-order valence-electron chi connectivity index (χ2n) is 4.06. The summed E-state index contributed by atoms with van der Waals surface area (Å²) in [4.78, 5) is 24.4. The molecule has 0 aromatic carbocycles. The molecule has 0 saturated carbocycles. The number of aryl methyl sites for hydroxylation is 1. The van der Waals surface area contributed by atoms with Crippen LogP contribution in [0.25, 0.3) is 0 Å². The second kappa shape index (κ2) is 5.58. The summed E-state index contributed by atoms with van der Waals surface area (Å²) >= 11 is 0. The smallest absolute Gasteiger partial charge is 0.327 e. The van der Waals surface area contributed by atoms with Crippen molar-refractivity contribution in [3.8, 4) is 0 Å². The molecule has 1 fully saturated rings. The zero-order valence-electron chi connectivity index (χ0n) is 9.82. The van der Waals surface area contributed by atoms with E-state index in [1.165, 1.54) is 11.1 Å². The average Bonchev–Trinajstić information content (AvgIpc) is 2.89. The van der Waals surface area contributed by atoms with Crippen LogP contribution in [0.15, 0.2) is 12.4 Å². The van der Waals surface area contributed by atoms with E-state index in [2.05, 4.69) is 15.6 Å². The summed E-state index contributed by atoms with van der Waals surface area (Å²) in [6.07, 6.45) is 3.43. The number of nitrogens with zero attached hydrogens (tertiary/aromatic N) is 4. The van der Waals surface area contributed by atoms with Gasteiger partial charge in [-0.05, 0) is 0 Å². The fourth-order valence-electron chi connectivity index (χ4n) is 1.93. The molecule has 2 N–H and O–H groups in total. The van der Waals surface area contributed by atoms with Crippen molar-refractivity contribution in [2.75, 3.05) is 19.6 Å². The summed E-state index contributed by atoms with van der Waals surface area (Å²) in [7, 11) is 0. The van der Waals surface area contributed by atoms with Crippen LogP contribution in [0.4, 0.5) is 0 Å². The van der Waals surface area contributed by atoms with E-state index in [1.54, 1.807) is 10.9 Å². The lowest BCUT2D eigenvalue weighted by Gasteiger charge is -2.33. The van der Waals surface area contributed by atoms with Gasteiger partial charge in [0.1, 0.15) is 6.04 Å². The van der Waals surface area contributed by atoms with Crippen LogP contribution in [-0.2, 0) is 16.1 Å². The van der Waals surface area contributed by atoms with E-state index in [0.717, 1.165) is 0 Å². The van der Waals surface area contributed by atoms with E-state index in [0.29, 0.717) is 26.2 Å². The number of aromatic nitrogens is 3. The van der Waals surface area contributed by atoms with Crippen molar-refractivity contribution in [2.45, 2.75) is 19.0 Å². The quantitative estimate of drug-likeness (QED) is 0.681. The maximum Gasteiger partial charge on any atom is 0.327 e. The third-order valence-corrected chi connectivity index (χ3v) is 2.88. The van der Waals surface area contributed by atoms with Gasteiger partial charge in [-0.2, -0.15) is 0 Å². The molecule has 1 atom stereocenters. The van der Waals surface area contributed by atoms with Crippen LogP contribution in [0.2, 0.25) is 0 Å². The van der Waals surface area contributed by atoms with Crippen LogP contribution in [0.3, 0.4) is 0 Å². The summed E-state index contributed by atoms with van der Waals surface area (Å²) in [5.74, 6) is -1.14. The van der Waals surface area contributed by atoms with Gasteiger partial charge in [-0.3, -0.25) is 9.48 Å². The van der Waals surface area contributed by atoms with Gasteiger partial charge in [0.2, 0.25) is 5.91 Å². The monoisotopic (exact) mass is 253 g/mol. The number of aliphatic carboxylic acids is 1. The van der Waals surface area contributed by atoms with Crippen LogP contribution in [-0.4, -0.2) is 62.6 Å². The zero-order valence-corrected chi connectivity index (χ0v) is 9.82. The minimum absolute atomic E-state index is 0.167. The Bertz CT molecular complexity index is 419. The molecule has 1 aromatic heterocycles. The molecule has 2 rings (SSSR count). The molecular weight excluding hydrogens is 238 g/mol. The second-order valence-corrected chi connectivity index (χ2v) is 4.06. The molecule has 1 unspecified atom stereocenters. The summed E-state index contributed by atoms with van der Waals surface area (Å²) in [5.41, 5.74) is 0. The molecule has 8 heteroatoms. The standard InChI is InChI=1S/C10H15N5O3/c16-9(1-4-14-5-3-12-13-14)15-6-2-11-7-8(15)10(17)18/h3,5,8,11H,1-2,4,6-7H2,(H,17,18). The molecule has 2 heterocycles. The minimum atomic E-state index is -0.976. The highest BCUT2D eigenvalue weighted by atomic mass is 16.4. The van der Waals surface area contributed by atoms with Gasteiger partial charge in [0, 0.05) is 32.3 Å². The molecule has 1 aliphatic rings. The molecule has 0 aliphatic carbocycles. The topological polar surface area (TPSA) is 100 Å². The number of piperazine rings is 1. The van der Waals surface area contributed by atoms with Gasteiger partial charge in [-0.15, -0.1) is 5.10 Å². The number of carboxylic acid groups (broad SMARTS) is 1.